The molecule has 3 rings (SSSR count). The number of aliphatic imine (C=N–C) groups is 1. The number of thioether (sulfide) groups is 1. The van der Waals surface area contributed by atoms with Crippen molar-refractivity contribution in [2.45, 2.75) is 18.2 Å². The first kappa shape index (κ1) is 13.2. The van der Waals surface area contributed by atoms with Crippen molar-refractivity contribution in [1.29, 1.82) is 0 Å². The quantitative estimate of drug-likeness (QED) is 0.941. The molecular weight excluding hydrogens is 270 g/mol. The number of hydrogen-bond donors (Lipinski definition) is 1. The number of rotatable bonds is 3. The molecule has 0 saturated heterocycles. The van der Waals surface area contributed by atoms with Gasteiger partial charge in [-0.05, 0) is 12.5 Å². The molecule has 2 unspecified atom stereocenters. The number of benzene rings is 1. The lowest BCUT2D eigenvalue weighted by Crippen LogP contribution is -2.25. The van der Waals surface area contributed by atoms with Crippen molar-refractivity contribution in [3.63, 3.8) is 0 Å². The van der Waals surface area contributed by atoms with Gasteiger partial charge in [0.1, 0.15) is 6.33 Å². The van der Waals surface area contributed by atoms with Crippen LogP contribution in [-0.2, 0) is 7.05 Å². The molecule has 6 heteroatoms. The molecule has 2 heterocycles. The van der Waals surface area contributed by atoms with Crippen LogP contribution in [0, 0.1) is 0 Å². The van der Waals surface area contributed by atoms with Crippen LogP contribution in [0.25, 0.3) is 0 Å². The summed E-state index contributed by atoms with van der Waals surface area (Å²) in [4.78, 5) is 4.58. The predicted molar refractivity (Wildman–Crippen MR) is 81.6 cm³/mol. The minimum atomic E-state index is 0.100. The van der Waals surface area contributed by atoms with Gasteiger partial charge in [-0.2, -0.15) is 0 Å². The van der Waals surface area contributed by atoms with Gasteiger partial charge >= 0.3 is 0 Å². The Morgan fingerprint density at radius 1 is 1.35 bits per heavy atom. The predicted octanol–water partition coefficient (Wildman–Crippen LogP) is 2.31. The van der Waals surface area contributed by atoms with Gasteiger partial charge in [0.15, 0.2) is 11.0 Å². The summed E-state index contributed by atoms with van der Waals surface area (Å²) in [6.07, 6.45) is 1.71. The molecule has 0 saturated carbocycles. The molecule has 0 bridgehead atoms. The molecule has 1 N–H and O–H groups in total. The van der Waals surface area contributed by atoms with Gasteiger partial charge in [-0.3, -0.25) is 4.99 Å². The summed E-state index contributed by atoms with van der Waals surface area (Å²) in [6, 6.07) is 10.6. The molecule has 0 fully saturated rings. The van der Waals surface area contributed by atoms with Crippen LogP contribution in [0.15, 0.2) is 41.7 Å². The number of nitrogens with one attached hydrogen (secondary N) is 1. The Balaban J connectivity index is 1.62. The molecule has 0 aliphatic carbocycles. The van der Waals surface area contributed by atoms with Crippen LogP contribution in [0.2, 0.25) is 0 Å². The van der Waals surface area contributed by atoms with Gasteiger partial charge in [-0.1, -0.05) is 42.1 Å². The largest absolute Gasteiger partial charge is 0.355 e. The Morgan fingerprint density at radius 2 is 2.15 bits per heavy atom. The minimum Gasteiger partial charge on any atom is -0.355 e. The fourth-order valence-electron chi connectivity index (χ4n) is 2.23. The highest BCUT2D eigenvalue weighted by Crippen LogP contribution is 2.34. The van der Waals surface area contributed by atoms with Gasteiger partial charge in [0.2, 0.25) is 0 Å². The molecule has 1 aromatic heterocycles. The van der Waals surface area contributed by atoms with Crippen LogP contribution in [0.3, 0.4) is 0 Å². The lowest BCUT2D eigenvalue weighted by Gasteiger charge is -2.14. The number of aryl methyl sites for hydroxylation is 1. The smallest absolute Gasteiger partial charge is 0.157 e. The number of amidine groups is 1. The van der Waals surface area contributed by atoms with Crippen LogP contribution in [0.1, 0.15) is 29.6 Å². The Hall–Kier alpha value is -1.82. The highest BCUT2D eigenvalue weighted by molar-refractivity contribution is 8.14. The van der Waals surface area contributed by atoms with E-state index in [1.54, 1.807) is 18.1 Å². The zero-order valence-electron chi connectivity index (χ0n) is 11.5. The van der Waals surface area contributed by atoms with E-state index in [1.807, 2.05) is 17.7 Å². The summed E-state index contributed by atoms with van der Waals surface area (Å²) < 4.78 is 1.92. The molecule has 5 nitrogen and oxygen atoms in total. The third kappa shape index (κ3) is 2.70. The van der Waals surface area contributed by atoms with Gasteiger partial charge in [-0.15, -0.1) is 10.2 Å². The molecule has 1 aliphatic rings. The second-order valence-corrected chi connectivity index (χ2v) is 6.02. The molecule has 1 aliphatic heterocycles. The average Bonchev–Trinajstić information content (AvgIpc) is 3.09. The molecule has 2 aromatic rings. The van der Waals surface area contributed by atoms with Crippen LogP contribution in [0.4, 0.5) is 0 Å². The van der Waals surface area contributed by atoms with Gasteiger partial charge in [0.05, 0.1) is 17.8 Å². The van der Waals surface area contributed by atoms with E-state index in [4.69, 9.17) is 0 Å². The lowest BCUT2D eigenvalue weighted by molar-refractivity contribution is 0.629. The maximum atomic E-state index is 4.58. The highest BCUT2D eigenvalue weighted by atomic mass is 32.2. The molecule has 0 amide bonds. The topological polar surface area (TPSA) is 55.1 Å². The van der Waals surface area contributed by atoms with Crippen molar-refractivity contribution in [2.75, 3.05) is 6.54 Å². The SMILES string of the molecule is CC(NC1=NCC(c2ccccc2)S1)c1nncn1C. The molecule has 0 radical (unpaired) electrons. The fourth-order valence-corrected chi connectivity index (χ4v) is 3.34. The van der Waals surface area contributed by atoms with E-state index in [2.05, 4.69) is 51.7 Å². The third-order valence-electron chi connectivity index (χ3n) is 3.30. The molecule has 2 atom stereocenters. The number of aromatic nitrogens is 3. The summed E-state index contributed by atoms with van der Waals surface area (Å²) in [5, 5.41) is 12.8. The van der Waals surface area contributed by atoms with Crippen molar-refractivity contribution in [1.82, 2.24) is 20.1 Å². The van der Waals surface area contributed by atoms with Gasteiger partial charge in [0, 0.05) is 7.05 Å². The normalized spacial score (nSPS) is 19.7. The van der Waals surface area contributed by atoms with Crippen LogP contribution in [-0.4, -0.2) is 26.5 Å². The Labute approximate surface area is 122 Å². The third-order valence-corrected chi connectivity index (χ3v) is 4.48. The van der Waals surface area contributed by atoms with Gasteiger partial charge < -0.3 is 9.88 Å². The number of hydrogen-bond acceptors (Lipinski definition) is 5. The summed E-state index contributed by atoms with van der Waals surface area (Å²) >= 11 is 1.78. The summed E-state index contributed by atoms with van der Waals surface area (Å²) in [7, 11) is 1.95. The molecular formula is C14H17N5S. The van der Waals surface area contributed by atoms with E-state index >= 15 is 0 Å². The summed E-state index contributed by atoms with van der Waals surface area (Å²) in [5.74, 6) is 0.913. The van der Waals surface area contributed by atoms with Crippen molar-refractivity contribution >= 4 is 16.9 Å². The molecule has 104 valence electrons. The maximum absolute atomic E-state index is 4.58. The Morgan fingerprint density at radius 3 is 2.85 bits per heavy atom. The van der Waals surface area contributed by atoms with Gasteiger partial charge in [-0.25, -0.2) is 0 Å². The van der Waals surface area contributed by atoms with Crippen molar-refractivity contribution in [2.24, 2.45) is 12.0 Å². The summed E-state index contributed by atoms with van der Waals surface area (Å²) in [5.41, 5.74) is 1.32. The van der Waals surface area contributed by atoms with E-state index in [0.717, 1.165) is 17.5 Å². The zero-order chi connectivity index (χ0) is 13.9. The maximum Gasteiger partial charge on any atom is 0.157 e. The molecule has 0 spiro atoms. The second kappa shape index (κ2) is 5.66. The fraction of sp³-hybridized carbons (Fsp3) is 0.357. The first-order valence-corrected chi connectivity index (χ1v) is 7.48. The second-order valence-electron chi connectivity index (χ2n) is 4.83. The van der Waals surface area contributed by atoms with Crippen LogP contribution in [0.5, 0.6) is 0 Å². The van der Waals surface area contributed by atoms with E-state index in [9.17, 15) is 0 Å². The first-order valence-electron chi connectivity index (χ1n) is 6.60. The summed E-state index contributed by atoms with van der Waals surface area (Å²) in [6.45, 7) is 2.89. The standard InChI is InChI=1S/C14H17N5S/c1-10(13-18-16-9-19(13)2)17-14-15-8-12(20-14)11-6-4-3-5-7-11/h3-7,9-10,12H,8H2,1-2H3,(H,15,17). The van der Waals surface area contributed by atoms with E-state index in [1.165, 1.54) is 5.56 Å². The molecule has 1 aromatic carbocycles. The van der Waals surface area contributed by atoms with E-state index < -0.39 is 0 Å². The minimum absolute atomic E-state index is 0.100. The van der Waals surface area contributed by atoms with Crippen molar-refractivity contribution in [3.8, 4) is 0 Å². The monoisotopic (exact) mass is 287 g/mol. The lowest BCUT2D eigenvalue weighted by atomic mass is 10.1. The van der Waals surface area contributed by atoms with Crippen LogP contribution < -0.4 is 5.32 Å². The Kier molecular flexibility index (Phi) is 3.73. The van der Waals surface area contributed by atoms with E-state index in [-0.39, 0.29) is 6.04 Å². The Bertz CT molecular complexity index is 607. The average molecular weight is 287 g/mol. The first-order chi connectivity index (χ1) is 9.74. The van der Waals surface area contributed by atoms with Crippen molar-refractivity contribution < 1.29 is 0 Å². The van der Waals surface area contributed by atoms with Crippen LogP contribution >= 0.6 is 11.8 Å². The molecule has 20 heavy (non-hydrogen) atoms. The highest BCUT2D eigenvalue weighted by Gasteiger charge is 2.23. The van der Waals surface area contributed by atoms with Gasteiger partial charge in [0.25, 0.3) is 0 Å². The van der Waals surface area contributed by atoms with Crippen molar-refractivity contribution in [3.05, 3.63) is 48.0 Å². The number of nitrogens with zero attached hydrogens (tertiary/aromatic N) is 4. The van der Waals surface area contributed by atoms with E-state index in [0.29, 0.717) is 5.25 Å². The zero-order valence-corrected chi connectivity index (χ0v) is 12.3.